The maximum absolute atomic E-state index is 13.8. The Morgan fingerprint density at radius 2 is 1.92 bits per heavy atom. The van der Waals surface area contributed by atoms with Crippen LogP contribution in [0.2, 0.25) is 0 Å². The fourth-order valence-corrected chi connectivity index (χ4v) is 3.84. The summed E-state index contributed by atoms with van der Waals surface area (Å²) in [5, 5.41) is 2.63. The van der Waals surface area contributed by atoms with Crippen molar-refractivity contribution in [3.8, 4) is 0 Å². The molecule has 2 N–H and O–H groups in total. The van der Waals surface area contributed by atoms with Gasteiger partial charge in [-0.3, -0.25) is 9.78 Å². The van der Waals surface area contributed by atoms with E-state index >= 15 is 0 Å². The van der Waals surface area contributed by atoms with Gasteiger partial charge in [-0.25, -0.2) is 12.8 Å². The van der Waals surface area contributed by atoms with E-state index in [0.29, 0.717) is 11.4 Å². The van der Waals surface area contributed by atoms with Crippen LogP contribution in [-0.2, 0) is 14.8 Å². The van der Waals surface area contributed by atoms with Crippen molar-refractivity contribution in [3.63, 3.8) is 0 Å². The van der Waals surface area contributed by atoms with Gasteiger partial charge in [-0.2, -0.15) is 16.5 Å². The van der Waals surface area contributed by atoms with Crippen LogP contribution < -0.4 is 10.0 Å². The van der Waals surface area contributed by atoms with Crippen LogP contribution in [0.25, 0.3) is 0 Å². The molecule has 0 aliphatic carbocycles. The van der Waals surface area contributed by atoms with E-state index in [0.717, 1.165) is 12.1 Å². The molecule has 6 nitrogen and oxygen atoms in total. The van der Waals surface area contributed by atoms with Crippen LogP contribution in [0.4, 0.5) is 10.1 Å². The SMILES string of the molecule is CSCC[C@H](NS(=O)(=O)c1ccccc1F)C(=O)Nc1ccncc1. The van der Waals surface area contributed by atoms with Crippen molar-refractivity contribution < 1.29 is 17.6 Å². The average molecular weight is 383 g/mol. The van der Waals surface area contributed by atoms with E-state index in [1.165, 1.54) is 36.3 Å². The average Bonchev–Trinajstić information content (AvgIpc) is 2.59. The normalized spacial score (nSPS) is 12.6. The van der Waals surface area contributed by atoms with Gasteiger partial charge in [0.15, 0.2) is 0 Å². The van der Waals surface area contributed by atoms with Gasteiger partial charge >= 0.3 is 0 Å². The Morgan fingerprint density at radius 1 is 1.24 bits per heavy atom. The van der Waals surface area contributed by atoms with Gasteiger partial charge in [-0.15, -0.1) is 0 Å². The number of hydrogen-bond donors (Lipinski definition) is 2. The fourth-order valence-electron chi connectivity index (χ4n) is 2.06. The van der Waals surface area contributed by atoms with E-state index in [2.05, 4.69) is 15.0 Å². The maximum atomic E-state index is 13.8. The van der Waals surface area contributed by atoms with E-state index in [9.17, 15) is 17.6 Å². The topological polar surface area (TPSA) is 88.2 Å². The number of sulfonamides is 1. The Balaban J connectivity index is 2.19. The third kappa shape index (κ3) is 5.52. The lowest BCUT2D eigenvalue weighted by Gasteiger charge is -2.18. The second-order valence-electron chi connectivity index (χ2n) is 5.11. The molecule has 0 spiro atoms. The summed E-state index contributed by atoms with van der Waals surface area (Å²) in [4.78, 5) is 15.8. The van der Waals surface area contributed by atoms with Gasteiger partial charge in [0.2, 0.25) is 15.9 Å². The lowest BCUT2D eigenvalue weighted by molar-refractivity contribution is -0.117. The predicted octanol–water partition coefficient (Wildman–Crippen LogP) is 2.26. The standard InChI is InChI=1S/C16H18FN3O3S2/c1-24-11-8-14(16(21)19-12-6-9-18-10-7-12)20-25(22,23)15-5-3-2-4-13(15)17/h2-7,9-10,14,20H,8,11H2,1H3,(H,18,19,21)/t14-/m0/s1. The van der Waals surface area contributed by atoms with Gasteiger partial charge < -0.3 is 5.32 Å². The number of carbonyl (C=O) groups excluding carboxylic acids is 1. The van der Waals surface area contributed by atoms with Crippen molar-refractivity contribution in [1.29, 1.82) is 0 Å². The van der Waals surface area contributed by atoms with Gasteiger partial charge in [-0.1, -0.05) is 12.1 Å². The lowest BCUT2D eigenvalue weighted by Crippen LogP contribution is -2.44. The zero-order valence-electron chi connectivity index (χ0n) is 13.5. The molecule has 25 heavy (non-hydrogen) atoms. The van der Waals surface area contributed by atoms with E-state index in [1.807, 2.05) is 6.26 Å². The Kier molecular flexibility index (Phi) is 6.91. The van der Waals surface area contributed by atoms with Gasteiger partial charge in [0.25, 0.3) is 0 Å². The Morgan fingerprint density at radius 3 is 2.56 bits per heavy atom. The minimum Gasteiger partial charge on any atom is -0.325 e. The minimum absolute atomic E-state index is 0.270. The quantitative estimate of drug-likeness (QED) is 0.730. The van der Waals surface area contributed by atoms with Crippen molar-refractivity contribution in [2.45, 2.75) is 17.4 Å². The first-order valence-electron chi connectivity index (χ1n) is 7.40. The molecule has 0 aliphatic rings. The maximum Gasteiger partial charge on any atom is 0.244 e. The monoisotopic (exact) mass is 383 g/mol. The lowest BCUT2D eigenvalue weighted by atomic mass is 10.2. The molecule has 1 aromatic carbocycles. The van der Waals surface area contributed by atoms with Crippen LogP contribution >= 0.6 is 11.8 Å². The van der Waals surface area contributed by atoms with Crippen LogP contribution in [0.5, 0.6) is 0 Å². The second-order valence-corrected chi connectivity index (χ2v) is 7.78. The van der Waals surface area contributed by atoms with E-state index in [4.69, 9.17) is 0 Å². The Bertz CT molecular complexity index is 816. The van der Waals surface area contributed by atoms with Crippen LogP contribution in [0.1, 0.15) is 6.42 Å². The molecular weight excluding hydrogens is 365 g/mol. The second kappa shape index (κ2) is 8.93. The fraction of sp³-hybridized carbons (Fsp3) is 0.250. The number of halogens is 1. The van der Waals surface area contributed by atoms with Gasteiger partial charge in [0.05, 0.1) is 0 Å². The Labute approximate surface area is 150 Å². The smallest absolute Gasteiger partial charge is 0.244 e. The van der Waals surface area contributed by atoms with Crippen molar-refractivity contribution in [2.75, 3.05) is 17.3 Å². The van der Waals surface area contributed by atoms with Crippen molar-refractivity contribution >= 4 is 33.4 Å². The highest BCUT2D eigenvalue weighted by atomic mass is 32.2. The molecular formula is C16H18FN3O3S2. The molecule has 1 amide bonds. The number of aromatic nitrogens is 1. The molecule has 9 heteroatoms. The molecule has 1 aromatic heterocycles. The van der Waals surface area contributed by atoms with Gasteiger partial charge in [-0.05, 0) is 42.7 Å². The highest BCUT2D eigenvalue weighted by Crippen LogP contribution is 2.15. The largest absolute Gasteiger partial charge is 0.325 e. The third-order valence-corrected chi connectivity index (χ3v) is 5.45. The summed E-state index contributed by atoms with van der Waals surface area (Å²) in [5.74, 6) is -0.817. The summed E-state index contributed by atoms with van der Waals surface area (Å²) in [6, 6.07) is 7.20. The number of nitrogens with zero attached hydrogens (tertiary/aromatic N) is 1. The van der Waals surface area contributed by atoms with E-state index in [1.54, 1.807) is 12.1 Å². The highest BCUT2D eigenvalue weighted by molar-refractivity contribution is 7.98. The number of nitrogens with one attached hydrogen (secondary N) is 2. The number of rotatable bonds is 8. The summed E-state index contributed by atoms with van der Waals surface area (Å²) >= 11 is 1.48. The molecule has 2 rings (SSSR count). The number of pyridine rings is 1. The van der Waals surface area contributed by atoms with Crippen molar-refractivity contribution in [1.82, 2.24) is 9.71 Å². The first kappa shape index (κ1) is 19.4. The molecule has 0 radical (unpaired) electrons. The molecule has 1 heterocycles. The zero-order valence-corrected chi connectivity index (χ0v) is 15.1. The number of hydrogen-bond acceptors (Lipinski definition) is 5. The number of carbonyl (C=O) groups is 1. The summed E-state index contributed by atoms with van der Waals surface area (Å²) in [6.07, 6.45) is 5.14. The van der Waals surface area contributed by atoms with Crippen LogP contribution in [-0.4, -0.2) is 37.4 Å². The number of benzene rings is 1. The first-order chi connectivity index (χ1) is 11.9. The van der Waals surface area contributed by atoms with Crippen molar-refractivity contribution in [3.05, 3.63) is 54.6 Å². The van der Waals surface area contributed by atoms with Crippen LogP contribution in [0, 0.1) is 5.82 Å². The van der Waals surface area contributed by atoms with Crippen LogP contribution in [0.3, 0.4) is 0 Å². The number of anilines is 1. The van der Waals surface area contributed by atoms with Gasteiger partial charge in [0, 0.05) is 18.1 Å². The Hall–Kier alpha value is -1.97. The third-order valence-electron chi connectivity index (χ3n) is 3.30. The summed E-state index contributed by atoms with van der Waals surface area (Å²) in [5.41, 5.74) is 0.499. The van der Waals surface area contributed by atoms with Crippen molar-refractivity contribution in [2.24, 2.45) is 0 Å². The van der Waals surface area contributed by atoms with Crippen LogP contribution in [0.15, 0.2) is 53.7 Å². The molecule has 0 saturated heterocycles. The summed E-state index contributed by atoms with van der Waals surface area (Å²) < 4.78 is 41.0. The summed E-state index contributed by atoms with van der Waals surface area (Å²) in [7, 11) is -4.17. The first-order valence-corrected chi connectivity index (χ1v) is 10.3. The molecule has 2 aromatic rings. The molecule has 0 aliphatic heterocycles. The zero-order chi connectivity index (χ0) is 18.3. The molecule has 0 fully saturated rings. The highest BCUT2D eigenvalue weighted by Gasteiger charge is 2.27. The van der Waals surface area contributed by atoms with E-state index < -0.39 is 32.7 Å². The number of thioether (sulfide) groups is 1. The molecule has 134 valence electrons. The molecule has 1 atom stereocenters. The summed E-state index contributed by atoms with van der Waals surface area (Å²) in [6.45, 7) is 0. The minimum atomic E-state index is -4.17. The van der Waals surface area contributed by atoms with E-state index in [-0.39, 0.29) is 6.42 Å². The van der Waals surface area contributed by atoms with Gasteiger partial charge in [0.1, 0.15) is 16.8 Å². The predicted molar refractivity (Wildman–Crippen MR) is 96.4 cm³/mol. The molecule has 0 bridgehead atoms. The number of amides is 1. The molecule has 0 saturated carbocycles. The molecule has 0 unspecified atom stereocenters.